The van der Waals surface area contributed by atoms with Crippen LogP contribution in [0.15, 0.2) is 42.5 Å². The second kappa shape index (κ2) is 6.34. The molecule has 19 heavy (non-hydrogen) atoms. The standard InChI is InChI=1S/C16H18FNO/c1-3-18-11-12-8-9-13(17)10-15(12)14-6-4-5-7-16(14)19-2/h4-10,18H,3,11H2,1-2H3. The lowest BCUT2D eigenvalue weighted by Gasteiger charge is -2.13. The first-order valence-corrected chi connectivity index (χ1v) is 6.38. The molecule has 0 amide bonds. The lowest BCUT2D eigenvalue weighted by atomic mass is 9.98. The first-order chi connectivity index (χ1) is 9.26. The Balaban J connectivity index is 2.49. The molecule has 2 aromatic carbocycles. The predicted octanol–water partition coefficient (Wildman–Crippen LogP) is 3.61. The molecule has 2 nitrogen and oxygen atoms in total. The summed E-state index contributed by atoms with van der Waals surface area (Å²) in [5.74, 6) is 0.520. The summed E-state index contributed by atoms with van der Waals surface area (Å²) in [6.07, 6.45) is 0. The molecule has 0 atom stereocenters. The van der Waals surface area contributed by atoms with Crippen LogP contribution in [0.4, 0.5) is 4.39 Å². The zero-order valence-corrected chi connectivity index (χ0v) is 11.2. The summed E-state index contributed by atoms with van der Waals surface area (Å²) in [7, 11) is 1.63. The van der Waals surface area contributed by atoms with Crippen LogP contribution in [0.3, 0.4) is 0 Å². The van der Waals surface area contributed by atoms with Crippen LogP contribution in [0.5, 0.6) is 5.75 Å². The van der Waals surface area contributed by atoms with Gasteiger partial charge in [0.25, 0.3) is 0 Å². The van der Waals surface area contributed by atoms with Crippen molar-refractivity contribution < 1.29 is 9.13 Å². The van der Waals surface area contributed by atoms with Crippen LogP contribution in [0.2, 0.25) is 0 Å². The van der Waals surface area contributed by atoms with Crippen LogP contribution >= 0.6 is 0 Å². The van der Waals surface area contributed by atoms with Gasteiger partial charge in [-0.25, -0.2) is 4.39 Å². The molecule has 3 heteroatoms. The molecule has 1 N–H and O–H groups in total. The number of para-hydroxylation sites is 1. The van der Waals surface area contributed by atoms with Crippen molar-refractivity contribution in [2.75, 3.05) is 13.7 Å². The van der Waals surface area contributed by atoms with E-state index in [1.165, 1.54) is 6.07 Å². The van der Waals surface area contributed by atoms with Crippen LogP contribution in [-0.2, 0) is 6.54 Å². The molecule has 0 fully saturated rings. The van der Waals surface area contributed by atoms with E-state index in [-0.39, 0.29) is 5.82 Å². The third-order valence-electron chi connectivity index (χ3n) is 3.03. The Bertz CT molecular complexity index is 554. The van der Waals surface area contributed by atoms with Gasteiger partial charge in [0.15, 0.2) is 0 Å². The highest BCUT2D eigenvalue weighted by atomic mass is 19.1. The van der Waals surface area contributed by atoms with E-state index in [2.05, 4.69) is 5.32 Å². The topological polar surface area (TPSA) is 21.3 Å². The van der Waals surface area contributed by atoms with Gasteiger partial charge >= 0.3 is 0 Å². The zero-order valence-electron chi connectivity index (χ0n) is 11.2. The molecule has 0 heterocycles. The molecule has 0 aliphatic carbocycles. The quantitative estimate of drug-likeness (QED) is 0.885. The SMILES string of the molecule is CCNCc1ccc(F)cc1-c1ccccc1OC. The fraction of sp³-hybridized carbons (Fsp3) is 0.250. The molecule has 0 aliphatic rings. The number of halogens is 1. The Morgan fingerprint density at radius 3 is 2.63 bits per heavy atom. The third-order valence-corrected chi connectivity index (χ3v) is 3.03. The molecule has 0 radical (unpaired) electrons. The minimum atomic E-state index is -0.235. The van der Waals surface area contributed by atoms with Gasteiger partial charge in [0.1, 0.15) is 11.6 Å². The Labute approximate surface area is 113 Å². The minimum absolute atomic E-state index is 0.235. The number of hydrogen-bond donors (Lipinski definition) is 1. The number of rotatable bonds is 5. The molecule has 2 rings (SSSR count). The number of ether oxygens (including phenoxy) is 1. The van der Waals surface area contributed by atoms with E-state index >= 15 is 0 Å². The fourth-order valence-corrected chi connectivity index (χ4v) is 2.08. The van der Waals surface area contributed by atoms with Gasteiger partial charge in [-0.3, -0.25) is 0 Å². The van der Waals surface area contributed by atoms with Crippen molar-refractivity contribution in [1.29, 1.82) is 0 Å². The van der Waals surface area contributed by atoms with Crippen molar-refractivity contribution in [3.8, 4) is 16.9 Å². The Kier molecular flexibility index (Phi) is 4.53. The lowest BCUT2D eigenvalue weighted by molar-refractivity contribution is 0.416. The van der Waals surface area contributed by atoms with E-state index < -0.39 is 0 Å². The van der Waals surface area contributed by atoms with Crippen molar-refractivity contribution in [1.82, 2.24) is 5.32 Å². The van der Waals surface area contributed by atoms with Gasteiger partial charge in [0, 0.05) is 12.1 Å². The van der Waals surface area contributed by atoms with E-state index in [1.54, 1.807) is 13.2 Å². The number of benzene rings is 2. The largest absolute Gasteiger partial charge is 0.496 e. The average Bonchev–Trinajstić information content (AvgIpc) is 2.46. The fourth-order valence-electron chi connectivity index (χ4n) is 2.08. The maximum atomic E-state index is 13.5. The predicted molar refractivity (Wildman–Crippen MR) is 75.8 cm³/mol. The maximum absolute atomic E-state index is 13.5. The molecule has 0 aromatic heterocycles. The van der Waals surface area contributed by atoms with E-state index in [0.29, 0.717) is 6.54 Å². The van der Waals surface area contributed by atoms with Gasteiger partial charge in [-0.2, -0.15) is 0 Å². The van der Waals surface area contributed by atoms with Crippen molar-refractivity contribution in [3.05, 3.63) is 53.8 Å². The van der Waals surface area contributed by atoms with E-state index in [4.69, 9.17) is 4.74 Å². The van der Waals surface area contributed by atoms with E-state index in [0.717, 1.165) is 29.0 Å². The minimum Gasteiger partial charge on any atom is -0.496 e. The Morgan fingerprint density at radius 1 is 1.11 bits per heavy atom. The molecular weight excluding hydrogens is 241 g/mol. The normalized spacial score (nSPS) is 10.5. The summed E-state index contributed by atoms with van der Waals surface area (Å²) in [6.45, 7) is 3.64. The number of hydrogen-bond acceptors (Lipinski definition) is 2. The Morgan fingerprint density at radius 2 is 1.89 bits per heavy atom. The maximum Gasteiger partial charge on any atom is 0.126 e. The second-order valence-corrected chi connectivity index (χ2v) is 4.28. The summed E-state index contributed by atoms with van der Waals surface area (Å²) >= 11 is 0. The van der Waals surface area contributed by atoms with Gasteiger partial charge in [0.05, 0.1) is 7.11 Å². The van der Waals surface area contributed by atoms with Crippen LogP contribution in [-0.4, -0.2) is 13.7 Å². The second-order valence-electron chi connectivity index (χ2n) is 4.28. The van der Waals surface area contributed by atoms with Crippen molar-refractivity contribution >= 4 is 0 Å². The van der Waals surface area contributed by atoms with Crippen molar-refractivity contribution in [2.24, 2.45) is 0 Å². The van der Waals surface area contributed by atoms with Gasteiger partial charge in [-0.1, -0.05) is 31.2 Å². The monoisotopic (exact) mass is 259 g/mol. The Hall–Kier alpha value is -1.87. The van der Waals surface area contributed by atoms with Crippen LogP contribution < -0.4 is 10.1 Å². The molecule has 0 spiro atoms. The number of methoxy groups -OCH3 is 1. The highest BCUT2D eigenvalue weighted by Crippen LogP contribution is 2.32. The van der Waals surface area contributed by atoms with Crippen LogP contribution in [0.1, 0.15) is 12.5 Å². The molecule has 0 saturated carbocycles. The molecule has 100 valence electrons. The van der Waals surface area contributed by atoms with Crippen molar-refractivity contribution in [2.45, 2.75) is 13.5 Å². The summed E-state index contributed by atoms with van der Waals surface area (Å²) in [4.78, 5) is 0. The summed E-state index contributed by atoms with van der Waals surface area (Å²) in [5, 5.41) is 3.27. The molecule has 0 bridgehead atoms. The van der Waals surface area contributed by atoms with Gasteiger partial charge in [-0.15, -0.1) is 0 Å². The molecule has 0 unspecified atom stereocenters. The molecule has 2 aromatic rings. The zero-order chi connectivity index (χ0) is 13.7. The third kappa shape index (κ3) is 3.12. The molecule has 0 saturated heterocycles. The van der Waals surface area contributed by atoms with Crippen LogP contribution in [0, 0.1) is 5.82 Å². The summed E-state index contributed by atoms with van der Waals surface area (Å²) in [6, 6.07) is 12.5. The first kappa shape index (κ1) is 13.6. The van der Waals surface area contributed by atoms with Gasteiger partial charge in [-0.05, 0) is 35.9 Å². The van der Waals surface area contributed by atoms with E-state index in [1.807, 2.05) is 37.3 Å². The molecular formula is C16H18FNO. The van der Waals surface area contributed by atoms with Crippen LogP contribution in [0.25, 0.3) is 11.1 Å². The summed E-state index contributed by atoms with van der Waals surface area (Å²) < 4.78 is 18.9. The van der Waals surface area contributed by atoms with Gasteiger partial charge < -0.3 is 10.1 Å². The first-order valence-electron chi connectivity index (χ1n) is 6.38. The highest BCUT2D eigenvalue weighted by Gasteiger charge is 2.10. The average molecular weight is 259 g/mol. The summed E-state index contributed by atoms with van der Waals surface area (Å²) in [5.41, 5.74) is 2.85. The lowest BCUT2D eigenvalue weighted by Crippen LogP contribution is -2.12. The number of nitrogens with one attached hydrogen (secondary N) is 1. The van der Waals surface area contributed by atoms with Crippen molar-refractivity contribution in [3.63, 3.8) is 0 Å². The highest BCUT2D eigenvalue weighted by molar-refractivity contribution is 5.73. The van der Waals surface area contributed by atoms with Gasteiger partial charge in [0.2, 0.25) is 0 Å². The molecule has 0 aliphatic heterocycles. The van der Waals surface area contributed by atoms with E-state index in [9.17, 15) is 4.39 Å². The smallest absolute Gasteiger partial charge is 0.126 e.